The van der Waals surface area contributed by atoms with Crippen LogP contribution in [0.1, 0.15) is 12.1 Å². The van der Waals surface area contributed by atoms with Crippen molar-refractivity contribution in [3.05, 3.63) is 42.0 Å². The zero-order valence-electron chi connectivity index (χ0n) is 24.0. The third kappa shape index (κ3) is 6.21. The number of anilines is 1. The molecule has 16 nitrogen and oxygen atoms in total. The highest BCUT2D eigenvalue weighted by Crippen LogP contribution is 2.42. The number of hydrogen-bond donors (Lipinski definition) is 7. The van der Waals surface area contributed by atoms with Gasteiger partial charge in [-0.15, -0.1) is 10.2 Å². The molecule has 5 unspecified atom stereocenters. The Morgan fingerprint density at radius 1 is 0.783 bits per heavy atom. The van der Waals surface area contributed by atoms with Crippen LogP contribution in [0.3, 0.4) is 0 Å². The summed E-state index contributed by atoms with van der Waals surface area (Å²) in [7, 11) is 0. The summed E-state index contributed by atoms with van der Waals surface area (Å²) in [5.41, 5.74) is -2.78. The van der Waals surface area contributed by atoms with E-state index in [0.29, 0.717) is 31.0 Å². The number of piperazine rings is 1. The van der Waals surface area contributed by atoms with Gasteiger partial charge in [0.25, 0.3) is 0 Å². The van der Waals surface area contributed by atoms with Crippen LogP contribution in [-0.2, 0) is 9.47 Å². The maximum Gasteiger partial charge on any atom is 0.194 e. The molecule has 3 aliphatic rings. The van der Waals surface area contributed by atoms with E-state index in [-0.39, 0.29) is 11.3 Å². The van der Waals surface area contributed by atoms with Gasteiger partial charge in [-0.2, -0.15) is 0 Å². The lowest BCUT2D eigenvalue weighted by Crippen LogP contribution is -2.58. The second kappa shape index (κ2) is 13.7. The molecule has 0 aliphatic carbocycles. The Morgan fingerprint density at radius 2 is 1.30 bits per heavy atom. The van der Waals surface area contributed by atoms with Crippen LogP contribution in [0.25, 0.3) is 11.3 Å². The van der Waals surface area contributed by atoms with E-state index in [0.717, 1.165) is 29.5 Å². The average molecular weight is 675 g/mol. The highest BCUT2D eigenvalue weighted by atomic mass is 32.2. The number of halogens is 3. The highest BCUT2D eigenvalue weighted by molar-refractivity contribution is 8.00. The van der Waals surface area contributed by atoms with Crippen molar-refractivity contribution in [2.45, 2.75) is 59.6 Å². The van der Waals surface area contributed by atoms with Gasteiger partial charge in [0.05, 0.1) is 25.6 Å². The molecule has 252 valence electrons. The Kier molecular flexibility index (Phi) is 9.80. The minimum atomic E-state index is -1.66. The monoisotopic (exact) mass is 674 g/mol. The van der Waals surface area contributed by atoms with Gasteiger partial charge in [0.1, 0.15) is 65.3 Å². The first-order chi connectivity index (χ1) is 22.1. The molecule has 3 fully saturated rings. The van der Waals surface area contributed by atoms with Crippen LogP contribution in [-0.4, -0.2) is 148 Å². The zero-order chi connectivity index (χ0) is 32.7. The van der Waals surface area contributed by atoms with Crippen LogP contribution in [0.15, 0.2) is 24.5 Å². The smallest absolute Gasteiger partial charge is 0.194 e. The number of benzene rings is 1. The number of hydrogen-bond acceptors (Lipinski definition) is 15. The number of aliphatic hydroxyl groups excluding tert-OH is 6. The van der Waals surface area contributed by atoms with Crippen molar-refractivity contribution in [3.8, 4) is 11.3 Å². The summed E-state index contributed by atoms with van der Waals surface area (Å²) in [5.74, 6) is -4.03. The fourth-order valence-corrected chi connectivity index (χ4v) is 7.15. The van der Waals surface area contributed by atoms with E-state index in [4.69, 9.17) is 9.47 Å². The Balaban J connectivity index is 1.24. The van der Waals surface area contributed by atoms with E-state index in [2.05, 4.69) is 25.9 Å². The van der Waals surface area contributed by atoms with Crippen LogP contribution in [0.5, 0.6) is 0 Å². The third-order valence-corrected chi connectivity index (χ3v) is 9.62. The van der Waals surface area contributed by atoms with E-state index in [1.165, 1.54) is 10.9 Å². The number of aromatic nitrogens is 6. The molecule has 5 heterocycles. The van der Waals surface area contributed by atoms with Crippen molar-refractivity contribution in [1.82, 2.24) is 35.3 Å². The first-order valence-electron chi connectivity index (χ1n) is 14.5. The van der Waals surface area contributed by atoms with E-state index in [1.807, 2.05) is 4.90 Å². The predicted molar refractivity (Wildman–Crippen MR) is 152 cm³/mol. The molecule has 0 saturated carbocycles. The quantitative estimate of drug-likeness (QED) is 0.126. The second-order valence-corrected chi connectivity index (χ2v) is 12.4. The van der Waals surface area contributed by atoms with Gasteiger partial charge in [-0.1, -0.05) is 22.2 Å². The summed E-state index contributed by atoms with van der Waals surface area (Å²) in [4.78, 5) is 1.99. The molecule has 10 atom stereocenters. The Labute approximate surface area is 263 Å². The standard InChI is InChI=1S/C26H33F3N8O8S/c27-12-5-11(6-13(28)18(12)29)14-7-36(33-31-14)19-21(40)15(9-38)44-25(23(19)42)46-26-24(43)20(22(41)16(10-39)45-26)37-8-17(32-34-37)35-3-1-30-2-4-35/h5-8,15-16,19-26,30,38-43H,1-4,9-10H2/t15?,16-,19+,20?,21+,22?,23?,24-,25+,26?/m1/s1. The van der Waals surface area contributed by atoms with Crippen molar-refractivity contribution in [2.24, 2.45) is 0 Å². The van der Waals surface area contributed by atoms with Gasteiger partial charge in [0, 0.05) is 31.7 Å². The fourth-order valence-electron chi connectivity index (χ4n) is 5.83. The van der Waals surface area contributed by atoms with Gasteiger partial charge in [-0.3, -0.25) is 0 Å². The first-order valence-corrected chi connectivity index (χ1v) is 15.4. The van der Waals surface area contributed by atoms with E-state index < -0.39 is 90.2 Å². The minimum Gasteiger partial charge on any atom is -0.394 e. The third-order valence-electron chi connectivity index (χ3n) is 8.31. The summed E-state index contributed by atoms with van der Waals surface area (Å²) >= 11 is 0.769. The van der Waals surface area contributed by atoms with Crippen molar-refractivity contribution < 1.29 is 53.3 Å². The molecule has 3 aromatic rings. The summed E-state index contributed by atoms with van der Waals surface area (Å²) in [6.07, 6.45) is -5.73. The Hall–Kier alpha value is -2.92. The molecule has 20 heteroatoms. The maximum atomic E-state index is 13.8. The molecule has 7 N–H and O–H groups in total. The van der Waals surface area contributed by atoms with Crippen LogP contribution >= 0.6 is 11.8 Å². The number of nitrogens with zero attached hydrogens (tertiary/aromatic N) is 7. The van der Waals surface area contributed by atoms with Gasteiger partial charge in [0.2, 0.25) is 0 Å². The maximum absolute atomic E-state index is 13.8. The number of aliphatic hydroxyl groups is 6. The van der Waals surface area contributed by atoms with Crippen molar-refractivity contribution >= 4 is 17.6 Å². The molecule has 6 rings (SSSR count). The minimum absolute atomic E-state index is 0.102. The van der Waals surface area contributed by atoms with Gasteiger partial charge >= 0.3 is 0 Å². The molecular formula is C26H33F3N8O8S. The predicted octanol–water partition coefficient (Wildman–Crippen LogP) is -2.24. The SMILES string of the molecule is OCC1O[C@@H](SC2O[C@H](CO)C(O)C(n3cc(N4CCNCC4)nn3)[C@H]2O)C(O)[C@@H](n2cc(-c3cc(F)c(F)c(F)c3)nn2)[C@H]1O. The average Bonchev–Trinajstić information content (AvgIpc) is 3.74. The molecule has 0 radical (unpaired) electrons. The van der Waals surface area contributed by atoms with Gasteiger partial charge in [0.15, 0.2) is 23.3 Å². The number of ether oxygens (including phenoxy) is 2. The molecule has 0 bridgehead atoms. The number of rotatable bonds is 8. The second-order valence-electron chi connectivity index (χ2n) is 11.2. The molecule has 0 amide bonds. The summed E-state index contributed by atoms with van der Waals surface area (Å²) in [6, 6.07) is -1.03. The summed E-state index contributed by atoms with van der Waals surface area (Å²) in [5, 5.41) is 83.9. The number of thioether (sulfide) groups is 1. The van der Waals surface area contributed by atoms with Crippen LogP contribution in [0.4, 0.5) is 19.0 Å². The van der Waals surface area contributed by atoms with Gasteiger partial charge in [-0.25, -0.2) is 22.5 Å². The lowest BCUT2D eigenvalue weighted by Gasteiger charge is -2.46. The highest BCUT2D eigenvalue weighted by Gasteiger charge is 2.51. The molecule has 1 aromatic carbocycles. The first kappa shape index (κ1) is 33.0. The molecule has 0 spiro atoms. The van der Waals surface area contributed by atoms with Crippen LogP contribution in [0, 0.1) is 17.5 Å². The van der Waals surface area contributed by atoms with Crippen LogP contribution in [0.2, 0.25) is 0 Å². The normalized spacial score (nSPS) is 33.8. The van der Waals surface area contributed by atoms with Crippen molar-refractivity contribution in [3.63, 3.8) is 0 Å². The summed E-state index contributed by atoms with van der Waals surface area (Å²) < 4.78 is 55.0. The topological polar surface area (TPSA) is 217 Å². The number of nitrogens with one attached hydrogen (secondary N) is 1. The van der Waals surface area contributed by atoms with E-state index in [9.17, 15) is 43.8 Å². The lowest BCUT2D eigenvalue weighted by atomic mass is 9.97. The fraction of sp³-hybridized carbons (Fsp3) is 0.615. The van der Waals surface area contributed by atoms with Crippen LogP contribution < -0.4 is 10.2 Å². The summed E-state index contributed by atoms with van der Waals surface area (Å²) in [6.45, 7) is 1.52. The van der Waals surface area contributed by atoms with Gasteiger partial charge < -0.3 is 50.3 Å². The molecule has 2 aromatic heterocycles. The van der Waals surface area contributed by atoms with Crippen molar-refractivity contribution in [2.75, 3.05) is 44.3 Å². The zero-order valence-corrected chi connectivity index (χ0v) is 24.8. The molecule has 46 heavy (non-hydrogen) atoms. The largest absolute Gasteiger partial charge is 0.394 e. The lowest BCUT2D eigenvalue weighted by molar-refractivity contribution is -0.189. The Bertz CT molecular complexity index is 1480. The molecule has 3 aliphatic heterocycles. The van der Waals surface area contributed by atoms with E-state index >= 15 is 0 Å². The van der Waals surface area contributed by atoms with E-state index in [1.54, 1.807) is 6.20 Å². The Morgan fingerprint density at radius 3 is 1.85 bits per heavy atom. The van der Waals surface area contributed by atoms with Gasteiger partial charge in [-0.05, 0) is 12.1 Å². The molecular weight excluding hydrogens is 641 g/mol. The molecule has 3 saturated heterocycles. The van der Waals surface area contributed by atoms with Crippen molar-refractivity contribution in [1.29, 1.82) is 0 Å².